The summed E-state index contributed by atoms with van der Waals surface area (Å²) in [6.45, 7) is 0.133. The smallest absolute Gasteiger partial charge is 0.0791 e. The van der Waals surface area contributed by atoms with E-state index in [9.17, 15) is 5.11 Å². The molecule has 0 fully saturated rings. The lowest BCUT2D eigenvalue weighted by molar-refractivity contribution is 0.152. The van der Waals surface area contributed by atoms with Gasteiger partial charge in [0.1, 0.15) is 0 Å². The quantitative estimate of drug-likeness (QED) is 0.705. The van der Waals surface area contributed by atoms with E-state index in [4.69, 9.17) is 5.11 Å². The molecule has 0 aliphatic rings. The molecule has 0 spiro atoms. The molecule has 0 bridgehead atoms. The van der Waals surface area contributed by atoms with Crippen LogP contribution in [0.2, 0.25) is 0 Å². The Morgan fingerprint density at radius 2 is 2.33 bits per heavy atom. The largest absolute Gasteiger partial charge is 0.396 e. The molecule has 0 aromatic heterocycles. The molecule has 0 saturated carbocycles. The molecule has 1 aromatic rings. The second-order valence-electron chi connectivity index (χ2n) is 2.72. The second kappa shape index (κ2) is 4.91. The summed E-state index contributed by atoms with van der Waals surface area (Å²) >= 11 is 0. The highest BCUT2D eigenvalue weighted by Crippen LogP contribution is 2.16. The van der Waals surface area contributed by atoms with Crippen molar-refractivity contribution < 1.29 is 10.2 Å². The predicted molar refractivity (Wildman–Crippen MR) is 46.6 cm³/mol. The summed E-state index contributed by atoms with van der Waals surface area (Å²) in [5, 5.41) is 18.1. The monoisotopic (exact) mass is 165 g/mol. The van der Waals surface area contributed by atoms with Gasteiger partial charge in [0.2, 0.25) is 0 Å². The van der Waals surface area contributed by atoms with Crippen molar-refractivity contribution in [2.24, 2.45) is 0 Å². The number of rotatable bonds is 4. The zero-order valence-electron chi connectivity index (χ0n) is 6.90. The van der Waals surface area contributed by atoms with E-state index in [1.54, 1.807) is 12.1 Å². The summed E-state index contributed by atoms with van der Waals surface area (Å²) < 4.78 is 0. The third kappa shape index (κ3) is 2.64. The first kappa shape index (κ1) is 9.23. The highest BCUT2D eigenvalue weighted by Gasteiger charge is 2.04. The first-order valence-corrected chi connectivity index (χ1v) is 4.09. The SMILES string of the molecule is OCCCC(O)c1c[c]ccc1. The second-order valence-corrected chi connectivity index (χ2v) is 2.72. The molecule has 1 radical (unpaired) electrons. The van der Waals surface area contributed by atoms with Gasteiger partial charge < -0.3 is 10.2 Å². The van der Waals surface area contributed by atoms with Crippen molar-refractivity contribution in [3.63, 3.8) is 0 Å². The minimum atomic E-state index is -0.463. The van der Waals surface area contributed by atoms with E-state index < -0.39 is 6.10 Å². The molecule has 0 saturated heterocycles. The highest BCUT2D eigenvalue weighted by molar-refractivity contribution is 5.16. The average molecular weight is 165 g/mol. The van der Waals surface area contributed by atoms with E-state index in [2.05, 4.69) is 6.07 Å². The van der Waals surface area contributed by atoms with E-state index in [1.165, 1.54) is 0 Å². The molecule has 0 heterocycles. The topological polar surface area (TPSA) is 40.5 Å². The van der Waals surface area contributed by atoms with Gasteiger partial charge in [-0.1, -0.05) is 18.2 Å². The van der Waals surface area contributed by atoms with Gasteiger partial charge in [0, 0.05) is 6.61 Å². The van der Waals surface area contributed by atoms with Crippen molar-refractivity contribution in [2.45, 2.75) is 18.9 Å². The Labute approximate surface area is 72.5 Å². The van der Waals surface area contributed by atoms with Crippen LogP contribution in [0.1, 0.15) is 24.5 Å². The summed E-state index contributed by atoms with van der Waals surface area (Å²) in [7, 11) is 0. The summed E-state index contributed by atoms with van der Waals surface area (Å²) in [6.07, 6.45) is 0.777. The first-order chi connectivity index (χ1) is 5.84. The Balaban J connectivity index is 2.48. The van der Waals surface area contributed by atoms with Crippen LogP contribution in [0.15, 0.2) is 24.3 Å². The molecule has 65 valence electrons. The molecule has 2 heteroatoms. The lowest BCUT2D eigenvalue weighted by Gasteiger charge is -2.08. The zero-order chi connectivity index (χ0) is 8.81. The number of hydrogen-bond acceptors (Lipinski definition) is 2. The lowest BCUT2D eigenvalue weighted by atomic mass is 10.1. The van der Waals surface area contributed by atoms with Gasteiger partial charge in [-0.25, -0.2) is 0 Å². The van der Waals surface area contributed by atoms with Crippen LogP contribution >= 0.6 is 0 Å². The van der Waals surface area contributed by atoms with Crippen LogP contribution in [0.3, 0.4) is 0 Å². The Hall–Kier alpha value is -0.860. The van der Waals surface area contributed by atoms with Gasteiger partial charge >= 0.3 is 0 Å². The Morgan fingerprint density at radius 1 is 1.50 bits per heavy atom. The van der Waals surface area contributed by atoms with Gasteiger partial charge in [0.25, 0.3) is 0 Å². The van der Waals surface area contributed by atoms with Gasteiger partial charge in [0.05, 0.1) is 6.10 Å². The van der Waals surface area contributed by atoms with Crippen molar-refractivity contribution in [3.05, 3.63) is 35.9 Å². The summed E-state index contributed by atoms with van der Waals surface area (Å²) in [5.41, 5.74) is 0.867. The molecule has 1 unspecified atom stereocenters. The third-order valence-electron chi connectivity index (χ3n) is 1.75. The molecule has 0 aliphatic carbocycles. The standard InChI is InChI=1S/C10H13O2/c11-8-4-7-10(12)9-5-2-1-3-6-9/h1-2,5-6,10-12H,4,7-8H2. The number of aliphatic hydroxyl groups is 2. The van der Waals surface area contributed by atoms with Gasteiger partial charge in [-0.2, -0.15) is 0 Å². The minimum absolute atomic E-state index is 0.133. The maximum absolute atomic E-state index is 9.52. The highest BCUT2D eigenvalue weighted by atomic mass is 16.3. The van der Waals surface area contributed by atoms with Crippen molar-refractivity contribution in [2.75, 3.05) is 6.61 Å². The molecule has 12 heavy (non-hydrogen) atoms. The molecular formula is C10H13O2. The summed E-state index contributed by atoms with van der Waals surface area (Å²) in [5.74, 6) is 0. The van der Waals surface area contributed by atoms with Crippen molar-refractivity contribution in [3.8, 4) is 0 Å². The van der Waals surface area contributed by atoms with Crippen LogP contribution in [-0.2, 0) is 0 Å². The fourth-order valence-corrected chi connectivity index (χ4v) is 1.07. The normalized spacial score (nSPS) is 12.8. The third-order valence-corrected chi connectivity index (χ3v) is 1.75. The van der Waals surface area contributed by atoms with Gasteiger partial charge in [0.15, 0.2) is 0 Å². The molecule has 2 nitrogen and oxygen atoms in total. The van der Waals surface area contributed by atoms with Crippen LogP contribution in [0.5, 0.6) is 0 Å². The molecule has 2 N–H and O–H groups in total. The molecule has 1 aromatic carbocycles. The maximum atomic E-state index is 9.52. The minimum Gasteiger partial charge on any atom is -0.396 e. The van der Waals surface area contributed by atoms with Gasteiger partial charge in [-0.15, -0.1) is 0 Å². The maximum Gasteiger partial charge on any atom is 0.0791 e. The van der Waals surface area contributed by atoms with Crippen LogP contribution in [-0.4, -0.2) is 16.8 Å². The Bertz CT molecular complexity index is 208. The van der Waals surface area contributed by atoms with Gasteiger partial charge in [-0.05, 0) is 30.5 Å². The number of benzene rings is 1. The molecule has 0 amide bonds. The van der Waals surface area contributed by atoms with Crippen LogP contribution in [0, 0.1) is 6.07 Å². The van der Waals surface area contributed by atoms with Crippen molar-refractivity contribution in [1.82, 2.24) is 0 Å². The Kier molecular flexibility index (Phi) is 3.77. The van der Waals surface area contributed by atoms with Crippen molar-refractivity contribution >= 4 is 0 Å². The predicted octanol–water partition coefficient (Wildman–Crippen LogP) is 1.29. The van der Waals surface area contributed by atoms with E-state index in [1.807, 2.05) is 12.1 Å². The summed E-state index contributed by atoms with van der Waals surface area (Å²) in [6, 6.07) is 10.2. The number of aliphatic hydroxyl groups excluding tert-OH is 2. The molecule has 1 rings (SSSR count). The van der Waals surface area contributed by atoms with Gasteiger partial charge in [-0.3, -0.25) is 0 Å². The first-order valence-electron chi connectivity index (χ1n) is 4.09. The van der Waals surface area contributed by atoms with Crippen molar-refractivity contribution in [1.29, 1.82) is 0 Å². The molecule has 0 aliphatic heterocycles. The fourth-order valence-electron chi connectivity index (χ4n) is 1.07. The van der Waals surface area contributed by atoms with E-state index in [0.29, 0.717) is 12.8 Å². The van der Waals surface area contributed by atoms with E-state index in [0.717, 1.165) is 5.56 Å². The average Bonchev–Trinajstić information content (AvgIpc) is 2.15. The molecular weight excluding hydrogens is 152 g/mol. The van der Waals surface area contributed by atoms with Crippen LogP contribution in [0.25, 0.3) is 0 Å². The lowest BCUT2D eigenvalue weighted by Crippen LogP contribution is -1.98. The Morgan fingerprint density at radius 3 is 2.92 bits per heavy atom. The zero-order valence-corrected chi connectivity index (χ0v) is 6.90. The van der Waals surface area contributed by atoms with Crippen LogP contribution < -0.4 is 0 Å². The van der Waals surface area contributed by atoms with E-state index in [-0.39, 0.29) is 6.61 Å². The van der Waals surface area contributed by atoms with Crippen LogP contribution in [0.4, 0.5) is 0 Å². The molecule has 1 atom stereocenters. The summed E-state index contributed by atoms with van der Waals surface area (Å²) in [4.78, 5) is 0. The number of hydrogen-bond donors (Lipinski definition) is 2. The van der Waals surface area contributed by atoms with E-state index >= 15 is 0 Å². The fraction of sp³-hybridized carbons (Fsp3) is 0.400.